The molecule has 7 heteroatoms. The Morgan fingerprint density at radius 2 is 1.69 bits per heavy atom. The van der Waals surface area contributed by atoms with Crippen molar-refractivity contribution in [2.75, 3.05) is 20.1 Å². The minimum absolute atomic E-state index is 0.231. The van der Waals surface area contributed by atoms with E-state index in [4.69, 9.17) is 4.74 Å². The number of urea groups is 1. The zero-order valence-electron chi connectivity index (χ0n) is 19.9. The molecule has 1 aromatic heterocycles. The Morgan fingerprint density at radius 3 is 2.31 bits per heavy atom. The highest BCUT2D eigenvalue weighted by atomic mass is 16.6. The van der Waals surface area contributed by atoms with Gasteiger partial charge in [-0.15, -0.1) is 0 Å². The van der Waals surface area contributed by atoms with Crippen LogP contribution in [0.5, 0.6) is 0 Å². The Balaban J connectivity index is 1.94. The van der Waals surface area contributed by atoms with E-state index >= 15 is 0 Å². The number of aromatic nitrogens is 1. The first-order valence-electron chi connectivity index (χ1n) is 11.0. The fraction of sp³-hybridized carbons (Fsp3) is 0.480. The SMILES string of the molecule is CN(CCC(C)(NC(=O)NCCCc1ccncc1)c1ccccc1)C(=O)OC(C)(C)C. The van der Waals surface area contributed by atoms with Crippen molar-refractivity contribution in [3.8, 4) is 0 Å². The fourth-order valence-electron chi connectivity index (χ4n) is 3.25. The van der Waals surface area contributed by atoms with Crippen LogP contribution in [0.25, 0.3) is 0 Å². The van der Waals surface area contributed by atoms with Gasteiger partial charge < -0.3 is 20.3 Å². The second-order valence-electron chi connectivity index (χ2n) is 9.19. The van der Waals surface area contributed by atoms with Crippen molar-refractivity contribution in [1.29, 1.82) is 0 Å². The van der Waals surface area contributed by atoms with E-state index in [9.17, 15) is 9.59 Å². The predicted octanol–water partition coefficient (Wildman–Crippen LogP) is 4.49. The molecule has 1 aromatic carbocycles. The molecule has 0 fully saturated rings. The largest absolute Gasteiger partial charge is 0.444 e. The van der Waals surface area contributed by atoms with E-state index in [2.05, 4.69) is 15.6 Å². The lowest BCUT2D eigenvalue weighted by Gasteiger charge is -2.33. The second kappa shape index (κ2) is 11.5. The van der Waals surface area contributed by atoms with Crippen molar-refractivity contribution in [2.45, 2.75) is 58.1 Å². The van der Waals surface area contributed by atoms with Gasteiger partial charge in [0.1, 0.15) is 5.60 Å². The molecule has 174 valence electrons. The molecule has 7 nitrogen and oxygen atoms in total. The average molecular weight is 441 g/mol. The Bertz CT molecular complexity index is 852. The molecule has 2 rings (SSSR count). The van der Waals surface area contributed by atoms with Gasteiger partial charge in [0, 0.05) is 32.5 Å². The summed E-state index contributed by atoms with van der Waals surface area (Å²) < 4.78 is 5.44. The standard InChI is InChI=1S/C25H36N4O3/c1-24(2,3)32-23(31)29(5)19-15-25(4,21-11-7-6-8-12-21)28-22(30)27-16-9-10-20-13-17-26-18-14-20/h6-8,11-14,17-18H,9-10,15-16,19H2,1-5H3,(H2,27,28,30). The van der Waals surface area contributed by atoms with Gasteiger partial charge in [0.05, 0.1) is 5.54 Å². The van der Waals surface area contributed by atoms with E-state index < -0.39 is 11.1 Å². The summed E-state index contributed by atoms with van der Waals surface area (Å²) in [7, 11) is 1.71. The van der Waals surface area contributed by atoms with Crippen LogP contribution in [0.15, 0.2) is 54.9 Å². The van der Waals surface area contributed by atoms with E-state index in [1.807, 2.05) is 70.2 Å². The first-order chi connectivity index (χ1) is 15.1. The van der Waals surface area contributed by atoms with Crippen LogP contribution >= 0.6 is 0 Å². The molecule has 0 aliphatic rings. The van der Waals surface area contributed by atoms with Crippen LogP contribution in [0.2, 0.25) is 0 Å². The third-order valence-corrected chi connectivity index (χ3v) is 5.13. The summed E-state index contributed by atoms with van der Waals surface area (Å²) in [6.45, 7) is 8.50. The normalized spacial score (nSPS) is 13.0. The van der Waals surface area contributed by atoms with Gasteiger partial charge in [-0.1, -0.05) is 30.3 Å². The molecule has 2 N–H and O–H groups in total. The van der Waals surface area contributed by atoms with Crippen LogP contribution in [-0.2, 0) is 16.7 Å². The Hall–Kier alpha value is -3.09. The maximum absolute atomic E-state index is 12.7. The number of pyridine rings is 1. The number of ether oxygens (including phenoxy) is 1. The molecule has 0 spiro atoms. The predicted molar refractivity (Wildman–Crippen MR) is 126 cm³/mol. The quantitative estimate of drug-likeness (QED) is 0.563. The van der Waals surface area contributed by atoms with Crippen LogP contribution in [0, 0.1) is 0 Å². The molecule has 0 aliphatic carbocycles. The Morgan fingerprint density at radius 1 is 1.03 bits per heavy atom. The van der Waals surface area contributed by atoms with Crippen molar-refractivity contribution in [3.63, 3.8) is 0 Å². The second-order valence-corrected chi connectivity index (χ2v) is 9.19. The maximum atomic E-state index is 12.7. The topological polar surface area (TPSA) is 83.6 Å². The molecule has 3 amide bonds. The molecule has 32 heavy (non-hydrogen) atoms. The summed E-state index contributed by atoms with van der Waals surface area (Å²) in [6, 6.07) is 13.5. The van der Waals surface area contributed by atoms with Gasteiger partial charge in [0.15, 0.2) is 0 Å². The lowest BCUT2D eigenvalue weighted by atomic mass is 9.88. The minimum Gasteiger partial charge on any atom is -0.444 e. The van der Waals surface area contributed by atoms with Crippen molar-refractivity contribution < 1.29 is 14.3 Å². The van der Waals surface area contributed by atoms with Crippen molar-refractivity contribution in [2.24, 2.45) is 0 Å². The summed E-state index contributed by atoms with van der Waals surface area (Å²) >= 11 is 0. The van der Waals surface area contributed by atoms with Gasteiger partial charge in [0.25, 0.3) is 0 Å². The molecule has 1 heterocycles. The number of aryl methyl sites for hydroxylation is 1. The number of carbonyl (C=O) groups is 2. The maximum Gasteiger partial charge on any atom is 0.410 e. The number of rotatable bonds is 9. The Kier molecular flexibility index (Phi) is 9.05. The van der Waals surface area contributed by atoms with Crippen LogP contribution in [0.4, 0.5) is 9.59 Å². The first-order valence-corrected chi connectivity index (χ1v) is 11.0. The van der Waals surface area contributed by atoms with Crippen molar-refractivity contribution in [1.82, 2.24) is 20.5 Å². The average Bonchev–Trinajstić information content (AvgIpc) is 2.75. The molecule has 1 atom stereocenters. The summed E-state index contributed by atoms with van der Waals surface area (Å²) in [6.07, 6.45) is 5.41. The molecular weight excluding hydrogens is 404 g/mol. The zero-order valence-corrected chi connectivity index (χ0v) is 19.9. The van der Waals surface area contributed by atoms with Crippen LogP contribution in [0.3, 0.4) is 0 Å². The van der Waals surface area contributed by atoms with Gasteiger partial charge in [-0.05, 0) is 70.2 Å². The minimum atomic E-state index is -0.646. The number of hydrogen-bond donors (Lipinski definition) is 2. The Labute approximate surface area is 191 Å². The molecule has 0 bridgehead atoms. The van der Waals surface area contributed by atoms with Crippen LogP contribution in [0.1, 0.15) is 51.7 Å². The number of hydrogen-bond acceptors (Lipinski definition) is 4. The third-order valence-electron chi connectivity index (χ3n) is 5.13. The number of carbonyl (C=O) groups excluding carboxylic acids is 2. The molecule has 0 aliphatic heterocycles. The lowest BCUT2D eigenvalue weighted by molar-refractivity contribution is 0.0286. The van der Waals surface area contributed by atoms with Crippen molar-refractivity contribution in [3.05, 3.63) is 66.0 Å². The van der Waals surface area contributed by atoms with E-state index in [-0.39, 0.29) is 12.1 Å². The summed E-state index contributed by atoms with van der Waals surface area (Å²) in [4.78, 5) is 30.6. The van der Waals surface area contributed by atoms with E-state index in [0.717, 1.165) is 18.4 Å². The fourth-order valence-corrected chi connectivity index (χ4v) is 3.25. The number of benzene rings is 1. The lowest BCUT2D eigenvalue weighted by Crippen LogP contribution is -2.50. The highest BCUT2D eigenvalue weighted by Crippen LogP contribution is 2.25. The molecule has 0 radical (unpaired) electrons. The van der Waals surface area contributed by atoms with Crippen molar-refractivity contribution >= 4 is 12.1 Å². The zero-order chi connectivity index (χ0) is 23.6. The molecular formula is C25H36N4O3. The summed E-state index contributed by atoms with van der Waals surface area (Å²) in [5, 5.41) is 6.06. The number of nitrogens with zero attached hydrogens (tertiary/aromatic N) is 2. The van der Waals surface area contributed by atoms with Crippen LogP contribution < -0.4 is 10.6 Å². The van der Waals surface area contributed by atoms with Gasteiger partial charge in [-0.3, -0.25) is 4.98 Å². The monoisotopic (exact) mass is 440 g/mol. The summed E-state index contributed by atoms with van der Waals surface area (Å²) in [5.41, 5.74) is 0.973. The highest BCUT2D eigenvalue weighted by molar-refractivity contribution is 5.75. The van der Waals surface area contributed by atoms with Gasteiger partial charge in [0.2, 0.25) is 0 Å². The van der Waals surface area contributed by atoms with Crippen LogP contribution in [-0.4, -0.2) is 47.7 Å². The summed E-state index contributed by atoms with van der Waals surface area (Å²) in [5.74, 6) is 0. The van der Waals surface area contributed by atoms with E-state index in [1.54, 1.807) is 24.3 Å². The molecule has 1 unspecified atom stereocenters. The third kappa shape index (κ3) is 8.57. The smallest absolute Gasteiger partial charge is 0.410 e. The van der Waals surface area contributed by atoms with Gasteiger partial charge >= 0.3 is 12.1 Å². The van der Waals surface area contributed by atoms with E-state index in [0.29, 0.717) is 19.5 Å². The van der Waals surface area contributed by atoms with Gasteiger partial charge in [-0.2, -0.15) is 0 Å². The van der Waals surface area contributed by atoms with E-state index in [1.165, 1.54) is 5.56 Å². The molecule has 2 aromatic rings. The van der Waals surface area contributed by atoms with Gasteiger partial charge in [-0.25, -0.2) is 9.59 Å². The molecule has 0 saturated carbocycles. The highest BCUT2D eigenvalue weighted by Gasteiger charge is 2.30. The molecule has 0 saturated heterocycles. The first kappa shape index (κ1) is 25.2. The number of amides is 3. The number of nitrogens with one attached hydrogen (secondary N) is 2.